The first kappa shape index (κ1) is 23.3. The van der Waals surface area contributed by atoms with Crippen molar-refractivity contribution in [2.75, 3.05) is 19.6 Å². The number of pyridine rings is 1. The molecule has 0 radical (unpaired) electrons. The molecule has 0 aliphatic heterocycles. The molecule has 7 nitrogen and oxygen atoms in total. The van der Waals surface area contributed by atoms with Crippen LogP contribution in [-0.2, 0) is 6.54 Å². The van der Waals surface area contributed by atoms with Crippen molar-refractivity contribution >= 4 is 47.2 Å². The molecule has 0 saturated heterocycles. The lowest BCUT2D eigenvalue weighted by molar-refractivity contribution is 0.0954. The minimum atomic E-state index is -0.133. The van der Waals surface area contributed by atoms with Crippen LogP contribution in [0.4, 0.5) is 0 Å². The minimum absolute atomic E-state index is 0. The number of aliphatic imine (C=N–C) groups is 1. The second-order valence-electron chi connectivity index (χ2n) is 5.94. The quantitative estimate of drug-likeness (QED) is 0.224. The van der Waals surface area contributed by atoms with E-state index >= 15 is 0 Å². The maximum Gasteiger partial charge on any atom is 0.252 e. The number of halogens is 1. The van der Waals surface area contributed by atoms with Gasteiger partial charge in [0.1, 0.15) is 5.01 Å². The molecule has 2 heterocycles. The number of nitrogens with one attached hydrogen (secondary N) is 3. The highest BCUT2D eigenvalue weighted by atomic mass is 127. The highest BCUT2D eigenvalue weighted by Gasteiger charge is 2.06. The molecule has 2 rings (SSSR count). The summed E-state index contributed by atoms with van der Waals surface area (Å²) in [5.74, 6) is 1.01. The average Bonchev–Trinajstić information content (AvgIpc) is 3.13. The van der Waals surface area contributed by atoms with Crippen molar-refractivity contribution in [3.8, 4) is 0 Å². The van der Waals surface area contributed by atoms with Gasteiger partial charge in [-0.25, -0.2) is 9.98 Å². The van der Waals surface area contributed by atoms with Gasteiger partial charge in [0.25, 0.3) is 5.91 Å². The first-order valence-electron chi connectivity index (χ1n) is 8.74. The summed E-state index contributed by atoms with van der Waals surface area (Å²) in [5.41, 5.74) is 1.66. The molecule has 27 heavy (non-hydrogen) atoms. The van der Waals surface area contributed by atoms with E-state index in [1.165, 1.54) is 0 Å². The Labute approximate surface area is 181 Å². The van der Waals surface area contributed by atoms with Gasteiger partial charge in [-0.05, 0) is 25.0 Å². The van der Waals surface area contributed by atoms with Gasteiger partial charge in [0.2, 0.25) is 0 Å². The molecular formula is C18H27IN6OS. The summed E-state index contributed by atoms with van der Waals surface area (Å²) in [6.45, 7) is 8.65. The third-order valence-electron chi connectivity index (χ3n) is 3.50. The van der Waals surface area contributed by atoms with Crippen LogP contribution >= 0.6 is 35.3 Å². The first-order chi connectivity index (χ1) is 12.6. The predicted octanol–water partition coefficient (Wildman–Crippen LogP) is 2.76. The number of hydrogen-bond donors (Lipinski definition) is 3. The molecular weight excluding hydrogens is 475 g/mol. The van der Waals surface area contributed by atoms with Crippen LogP contribution in [0.25, 0.3) is 0 Å². The van der Waals surface area contributed by atoms with E-state index in [-0.39, 0.29) is 29.9 Å². The normalized spacial score (nSPS) is 11.0. The van der Waals surface area contributed by atoms with Crippen LogP contribution in [0.3, 0.4) is 0 Å². The molecule has 0 aliphatic rings. The van der Waals surface area contributed by atoms with E-state index in [0.29, 0.717) is 37.1 Å². The molecule has 2 aromatic rings. The van der Waals surface area contributed by atoms with Crippen LogP contribution in [0, 0.1) is 0 Å². The summed E-state index contributed by atoms with van der Waals surface area (Å²) in [6, 6.07) is 3.48. The third-order valence-corrected chi connectivity index (χ3v) is 4.36. The van der Waals surface area contributed by atoms with E-state index < -0.39 is 0 Å². The van der Waals surface area contributed by atoms with Crippen LogP contribution in [0.2, 0.25) is 0 Å². The molecule has 3 N–H and O–H groups in total. The van der Waals surface area contributed by atoms with E-state index in [9.17, 15) is 4.79 Å². The Morgan fingerprint density at radius 2 is 2.04 bits per heavy atom. The molecule has 0 atom stereocenters. The average molecular weight is 502 g/mol. The monoisotopic (exact) mass is 502 g/mol. The number of amides is 1. The Balaban J connectivity index is 0.00000364. The highest BCUT2D eigenvalue weighted by molar-refractivity contribution is 14.0. The van der Waals surface area contributed by atoms with Gasteiger partial charge in [-0.1, -0.05) is 13.8 Å². The third kappa shape index (κ3) is 8.21. The fourth-order valence-corrected chi connectivity index (χ4v) is 2.99. The number of rotatable bonds is 8. The van der Waals surface area contributed by atoms with Crippen molar-refractivity contribution in [1.29, 1.82) is 0 Å². The molecule has 0 fully saturated rings. The second-order valence-corrected chi connectivity index (χ2v) is 6.88. The molecule has 148 valence electrons. The fraction of sp³-hybridized carbons (Fsp3) is 0.444. The zero-order chi connectivity index (χ0) is 18.8. The summed E-state index contributed by atoms with van der Waals surface area (Å²) in [6.07, 6.45) is 3.19. The van der Waals surface area contributed by atoms with Crippen LogP contribution < -0.4 is 16.0 Å². The van der Waals surface area contributed by atoms with Crippen LogP contribution in [0.15, 0.2) is 34.9 Å². The highest BCUT2D eigenvalue weighted by Crippen LogP contribution is 2.18. The van der Waals surface area contributed by atoms with E-state index in [1.54, 1.807) is 35.9 Å². The molecule has 0 bridgehead atoms. The topological polar surface area (TPSA) is 91.3 Å². The number of aromatic nitrogens is 2. The Morgan fingerprint density at radius 1 is 1.26 bits per heavy atom. The summed E-state index contributed by atoms with van der Waals surface area (Å²) >= 11 is 1.63. The number of thiazole rings is 1. The molecule has 0 aliphatic carbocycles. The lowest BCUT2D eigenvalue weighted by Gasteiger charge is -2.11. The lowest BCUT2D eigenvalue weighted by Crippen LogP contribution is -2.41. The number of carbonyl (C=O) groups excluding carboxylic acids is 1. The van der Waals surface area contributed by atoms with E-state index in [2.05, 4.69) is 50.1 Å². The SMILES string of the molecule is CCNC(=NCc1nc(C(C)C)cs1)NCCNC(=O)c1cccnc1.I. The summed E-state index contributed by atoms with van der Waals surface area (Å²) < 4.78 is 0. The van der Waals surface area contributed by atoms with Gasteiger partial charge in [-0.2, -0.15) is 0 Å². The van der Waals surface area contributed by atoms with E-state index in [4.69, 9.17) is 0 Å². The van der Waals surface area contributed by atoms with Gasteiger partial charge in [0.15, 0.2) is 5.96 Å². The fourth-order valence-electron chi connectivity index (χ4n) is 2.11. The largest absolute Gasteiger partial charge is 0.357 e. The maximum absolute atomic E-state index is 12.0. The van der Waals surface area contributed by atoms with Crippen molar-refractivity contribution < 1.29 is 4.79 Å². The second kappa shape index (κ2) is 12.6. The molecule has 0 saturated carbocycles. The number of guanidine groups is 1. The van der Waals surface area contributed by atoms with Gasteiger partial charge in [-0.3, -0.25) is 9.78 Å². The van der Waals surface area contributed by atoms with Gasteiger partial charge >= 0.3 is 0 Å². The smallest absolute Gasteiger partial charge is 0.252 e. The minimum Gasteiger partial charge on any atom is -0.357 e. The zero-order valence-corrected chi connectivity index (χ0v) is 19.0. The Hall–Kier alpha value is -1.75. The molecule has 0 aromatic carbocycles. The van der Waals surface area contributed by atoms with Gasteiger partial charge in [0, 0.05) is 37.4 Å². The molecule has 9 heteroatoms. The van der Waals surface area contributed by atoms with Gasteiger partial charge in [0.05, 0.1) is 17.8 Å². The summed E-state index contributed by atoms with van der Waals surface area (Å²) in [7, 11) is 0. The van der Waals surface area contributed by atoms with Crippen molar-refractivity contribution in [2.24, 2.45) is 4.99 Å². The van der Waals surface area contributed by atoms with Crippen molar-refractivity contribution in [2.45, 2.75) is 33.2 Å². The van der Waals surface area contributed by atoms with Crippen molar-refractivity contribution in [3.63, 3.8) is 0 Å². The number of carbonyl (C=O) groups is 1. The van der Waals surface area contributed by atoms with Crippen LogP contribution in [0.1, 0.15) is 47.7 Å². The van der Waals surface area contributed by atoms with Gasteiger partial charge < -0.3 is 16.0 Å². The van der Waals surface area contributed by atoms with Crippen molar-refractivity contribution in [3.05, 3.63) is 46.2 Å². The predicted molar refractivity (Wildman–Crippen MR) is 121 cm³/mol. The van der Waals surface area contributed by atoms with Crippen molar-refractivity contribution in [1.82, 2.24) is 25.9 Å². The number of nitrogens with zero attached hydrogens (tertiary/aromatic N) is 3. The molecule has 0 unspecified atom stereocenters. The Kier molecular flexibility index (Phi) is 10.9. The number of hydrogen-bond acceptors (Lipinski definition) is 5. The van der Waals surface area contributed by atoms with Crippen LogP contribution in [0.5, 0.6) is 0 Å². The zero-order valence-electron chi connectivity index (χ0n) is 15.9. The van der Waals surface area contributed by atoms with E-state index in [1.807, 2.05) is 6.92 Å². The molecule has 2 aromatic heterocycles. The first-order valence-corrected chi connectivity index (χ1v) is 9.62. The molecule has 1 amide bonds. The maximum atomic E-state index is 12.0. The Morgan fingerprint density at radius 3 is 2.67 bits per heavy atom. The Bertz CT molecular complexity index is 720. The standard InChI is InChI=1S/C18H26N6OS.HI/c1-4-20-18(23-11-16-24-15(12-26-16)13(2)3)22-9-8-21-17(25)14-6-5-7-19-10-14;/h5-7,10,12-13H,4,8-9,11H2,1-3H3,(H,21,25)(H2,20,22,23);1H. The lowest BCUT2D eigenvalue weighted by atomic mass is 10.2. The molecule has 0 spiro atoms. The summed E-state index contributed by atoms with van der Waals surface area (Å²) in [4.78, 5) is 25.0. The summed E-state index contributed by atoms with van der Waals surface area (Å²) in [5, 5.41) is 12.3. The van der Waals surface area contributed by atoms with Crippen LogP contribution in [-0.4, -0.2) is 41.5 Å². The van der Waals surface area contributed by atoms with E-state index in [0.717, 1.165) is 17.2 Å². The van der Waals surface area contributed by atoms with Gasteiger partial charge in [-0.15, -0.1) is 35.3 Å².